The summed E-state index contributed by atoms with van der Waals surface area (Å²) in [4.78, 5) is 12.9. The highest BCUT2D eigenvalue weighted by Gasteiger charge is 2.44. The van der Waals surface area contributed by atoms with Gasteiger partial charge < -0.3 is 39.4 Å². The fraction of sp³-hybridized carbons (Fsp3) is 0.635. The molecule has 0 aromatic carbocycles. The molecule has 0 aliphatic carbocycles. The van der Waals surface area contributed by atoms with Crippen LogP contribution in [-0.4, -0.2) is 89.6 Å². The van der Waals surface area contributed by atoms with E-state index in [-0.39, 0.29) is 25.6 Å². The second kappa shape index (κ2) is 52.2. The van der Waals surface area contributed by atoms with Gasteiger partial charge >= 0.3 is 5.97 Å². The van der Waals surface area contributed by atoms with Crippen LogP contribution >= 0.6 is 0 Å². The number of carbonyl (C=O) groups is 1. The molecular formula is C63H102O9. The fourth-order valence-corrected chi connectivity index (χ4v) is 7.76. The Morgan fingerprint density at radius 3 is 1.21 bits per heavy atom. The van der Waals surface area contributed by atoms with Gasteiger partial charge in [-0.1, -0.05) is 212 Å². The first-order chi connectivity index (χ1) is 35.4. The van der Waals surface area contributed by atoms with E-state index >= 15 is 0 Å². The van der Waals surface area contributed by atoms with Crippen molar-refractivity contribution in [1.82, 2.24) is 0 Å². The maximum absolute atomic E-state index is 12.9. The number of aliphatic hydroxyl groups excluding tert-OH is 4. The molecule has 0 bridgehead atoms. The summed E-state index contributed by atoms with van der Waals surface area (Å²) in [5.74, 6) is -0.344. The average Bonchev–Trinajstić information content (AvgIpc) is 3.38. The van der Waals surface area contributed by atoms with Gasteiger partial charge in [0.15, 0.2) is 6.29 Å². The van der Waals surface area contributed by atoms with Gasteiger partial charge in [0, 0.05) is 13.0 Å². The second-order valence-corrected chi connectivity index (χ2v) is 18.6. The van der Waals surface area contributed by atoms with Crippen LogP contribution in [0.15, 0.2) is 134 Å². The third-order valence-corrected chi connectivity index (χ3v) is 12.1. The molecule has 9 heteroatoms. The molecule has 0 aromatic heterocycles. The number of esters is 1. The molecule has 1 heterocycles. The summed E-state index contributed by atoms with van der Waals surface area (Å²) < 4.78 is 22.9. The highest BCUT2D eigenvalue weighted by Crippen LogP contribution is 2.23. The van der Waals surface area contributed by atoms with E-state index in [2.05, 4.69) is 148 Å². The molecule has 408 valence electrons. The van der Waals surface area contributed by atoms with Crippen LogP contribution in [0.2, 0.25) is 0 Å². The van der Waals surface area contributed by atoms with Gasteiger partial charge in [-0.2, -0.15) is 0 Å². The average molecular weight is 1000 g/mol. The number of aliphatic hydroxyl groups is 4. The summed E-state index contributed by atoms with van der Waals surface area (Å²) >= 11 is 0. The Hall–Kier alpha value is -3.67. The molecular weight excluding hydrogens is 901 g/mol. The van der Waals surface area contributed by atoms with E-state index in [1.807, 2.05) is 0 Å². The van der Waals surface area contributed by atoms with E-state index in [9.17, 15) is 25.2 Å². The van der Waals surface area contributed by atoms with Crippen molar-refractivity contribution in [2.45, 2.75) is 230 Å². The lowest BCUT2D eigenvalue weighted by molar-refractivity contribution is -0.305. The number of ether oxygens (including phenoxy) is 4. The van der Waals surface area contributed by atoms with Crippen molar-refractivity contribution in [1.29, 1.82) is 0 Å². The quantitative estimate of drug-likeness (QED) is 0.0267. The summed E-state index contributed by atoms with van der Waals surface area (Å²) in [5.41, 5.74) is 0. The molecule has 0 amide bonds. The Morgan fingerprint density at radius 1 is 0.444 bits per heavy atom. The van der Waals surface area contributed by atoms with Crippen LogP contribution < -0.4 is 0 Å². The number of carbonyl (C=O) groups excluding carboxylic acids is 1. The number of rotatable bonds is 47. The van der Waals surface area contributed by atoms with Crippen molar-refractivity contribution in [3.8, 4) is 0 Å². The minimum atomic E-state index is -1.55. The molecule has 0 spiro atoms. The number of hydrogen-bond donors (Lipinski definition) is 4. The molecule has 0 aromatic rings. The molecule has 6 unspecified atom stereocenters. The van der Waals surface area contributed by atoms with Crippen molar-refractivity contribution in [2.24, 2.45) is 0 Å². The Morgan fingerprint density at radius 2 is 0.806 bits per heavy atom. The van der Waals surface area contributed by atoms with Crippen LogP contribution in [0.5, 0.6) is 0 Å². The standard InChI is InChI=1S/C63H102O9/c1-3-5-7-9-11-13-15-17-19-21-23-25-27-28-29-31-33-35-37-39-41-43-45-47-49-51-53-69-55-57(56-70-63-62(68)61(67)60(66)58(54-64)72-63)71-59(65)52-50-48-46-44-42-40-38-36-34-32-30-26-24-22-20-18-16-14-12-10-8-6-4-2/h5-8,11-14,17-20,23-26,28-29,32,34,38,40,57-58,60-64,66-68H,3-4,9-10,15-16,21-22,27,30-31,33,35-37,39,41-56H2,1-2H3/b7-5-,8-6-,13-11-,14-12-,19-17-,20-18-,25-23-,26-24-,29-28-,34-32-,40-38-. The topological polar surface area (TPSA) is 135 Å². The van der Waals surface area contributed by atoms with E-state index in [0.29, 0.717) is 6.61 Å². The van der Waals surface area contributed by atoms with Crippen molar-refractivity contribution >= 4 is 5.97 Å². The third-order valence-electron chi connectivity index (χ3n) is 12.1. The smallest absolute Gasteiger partial charge is 0.306 e. The zero-order chi connectivity index (χ0) is 52.1. The Labute approximate surface area is 439 Å². The zero-order valence-electron chi connectivity index (χ0n) is 45.1. The van der Waals surface area contributed by atoms with Crippen molar-refractivity contribution < 1.29 is 44.2 Å². The summed E-state index contributed by atoms with van der Waals surface area (Å²) in [7, 11) is 0. The van der Waals surface area contributed by atoms with E-state index in [0.717, 1.165) is 128 Å². The molecule has 1 aliphatic rings. The van der Waals surface area contributed by atoms with Gasteiger partial charge in [0.05, 0.1) is 19.8 Å². The van der Waals surface area contributed by atoms with Crippen LogP contribution in [-0.2, 0) is 23.7 Å². The van der Waals surface area contributed by atoms with Crippen LogP contribution in [0.4, 0.5) is 0 Å². The molecule has 1 fully saturated rings. The monoisotopic (exact) mass is 1000 g/mol. The molecule has 1 rings (SSSR count). The Bertz CT molecular complexity index is 1560. The summed E-state index contributed by atoms with van der Waals surface area (Å²) in [6, 6.07) is 0. The van der Waals surface area contributed by atoms with E-state index in [1.54, 1.807) is 0 Å². The first-order valence-corrected chi connectivity index (χ1v) is 28.3. The van der Waals surface area contributed by atoms with E-state index in [4.69, 9.17) is 18.9 Å². The molecule has 9 nitrogen and oxygen atoms in total. The first-order valence-electron chi connectivity index (χ1n) is 28.3. The van der Waals surface area contributed by atoms with Gasteiger partial charge in [-0.3, -0.25) is 4.79 Å². The SMILES string of the molecule is CC/C=C\C/C=C\C/C=C\C/C=C\C/C=C\C/C=C\CCCCCCC(=O)OC(COCCCCCCCCCCCC/C=C\C/C=C\C/C=C\C/C=C\C/C=C\CC)COC1OC(CO)C(O)C(O)C1O. The number of allylic oxidation sites excluding steroid dienone is 22. The molecule has 0 saturated carbocycles. The van der Waals surface area contributed by atoms with E-state index < -0.39 is 43.4 Å². The Kier molecular flexibility index (Phi) is 48.1. The van der Waals surface area contributed by atoms with Gasteiger partial charge in [0.25, 0.3) is 0 Å². The number of unbranched alkanes of at least 4 members (excludes halogenated alkanes) is 14. The maximum Gasteiger partial charge on any atom is 0.306 e. The van der Waals surface area contributed by atoms with Gasteiger partial charge in [0.2, 0.25) is 0 Å². The van der Waals surface area contributed by atoms with Crippen LogP contribution in [0.25, 0.3) is 0 Å². The van der Waals surface area contributed by atoms with Gasteiger partial charge in [0.1, 0.15) is 30.5 Å². The van der Waals surface area contributed by atoms with Crippen molar-refractivity contribution in [2.75, 3.05) is 26.4 Å². The predicted octanol–water partition coefficient (Wildman–Crippen LogP) is 14.8. The maximum atomic E-state index is 12.9. The molecule has 4 N–H and O–H groups in total. The molecule has 72 heavy (non-hydrogen) atoms. The van der Waals surface area contributed by atoms with E-state index in [1.165, 1.54) is 44.9 Å². The lowest BCUT2D eigenvalue weighted by Crippen LogP contribution is -2.59. The highest BCUT2D eigenvalue weighted by atomic mass is 16.7. The van der Waals surface area contributed by atoms with Crippen LogP contribution in [0, 0.1) is 0 Å². The predicted molar refractivity (Wildman–Crippen MR) is 302 cm³/mol. The number of hydrogen-bond acceptors (Lipinski definition) is 9. The summed E-state index contributed by atoms with van der Waals surface area (Å²) in [6.45, 7) is 4.27. The Balaban J connectivity index is 2.21. The van der Waals surface area contributed by atoms with Crippen molar-refractivity contribution in [3.05, 3.63) is 134 Å². The molecule has 1 saturated heterocycles. The molecule has 1 aliphatic heterocycles. The van der Waals surface area contributed by atoms with Gasteiger partial charge in [-0.15, -0.1) is 0 Å². The zero-order valence-corrected chi connectivity index (χ0v) is 45.1. The van der Waals surface area contributed by atoms with Gasteiger partial charge in [-0.25, -0.2) is 0 Å². The van der Waals surface area contributed by atoms with Crippen LogP contribution in [0.1, 0.15) is 194 Å². The summed E-state index contributed by atoms with van der Waals surface area (Å²) in [5, 5.41) is 40.4. The van der Waals surface area contributed by atoms with Crippen LogP contribution in [0.3, 0.4) is 0 Å². The van der Waals surface area contributed by atoms with Crippen molar-refractivity contribution in [3.63, 3.8) is 0 Å². The molecule has 6 atom stereocenters. The molecule has 0 radical (unpaired) electrons. The lowest BCUT2D eigenvalue weighted by atomic mass is 9.99. The minimum Gasteiger partial charge on any atom is -0.457 e. The largest absolute Gasteiger partial charge is 0.457 e. The fourth-order valence-electron chi connectivity index (χ4n) is 7.76. The highest BCUT2D eigenvalue weighted by molar-refractivity contribution is 5.69. The minimum absolute atomic E-state index is 0.121. The summed E-state index contributed by atoms with van der Waals surface area (Å²) in [6.07, 6.45) is 70.6. The first kappa shape index (κ1) is 66.3. The normalized spacial score (nSPS) is 19.8. The van der Waals surface area contributed by atoms with Gasteiger partial charge in [-0.05, 0) is 109 Å². The third kappa shape index (κ3) is 41.8. The lowest BCUT2D eigenvalue weighted by Gasteiger charge is -2.39. The second-order valence-electron chi connectivity index (χ2n) is 18.6.